The van der Waals surface area contributed by atoms with E-state index in [-0.39, 0.29) is 0 Å². The molecule has 0 radical (unpaired) electrons. The molecule has 1 aromatic heterocycles. The minimum atomic E-state index is 0.375. The number of aryl methyl sites for hydroxylation is 1. The van der Waals surface area contributed by atoms with Crippen molar-refractivity contribution in [1.82, 2.24) is 14.9 Å². The van der Waals surface area contributed by atoms with E-state index >= 15 is 0 Å². The molecule has 2 rings (SSSR count). The van der Waals surface area contributed by atoms with Gasteiger partial charge in [-0.05, 0) is 51.4 Å². The van der Waals surface area contributed by atoms with Crippen molar-refractivity contribution >= 4 is 5.95 Å². The van der Waals surface area contributed by atoms with Gasteiger partial charge >= 0.3 is 0 Å². The molecule has 2 heterocycles. The monoisotopic (exact) mass is 234 g/mol. The van der Waals surface area contributed by atoms with Crippen molar-refractivity contribution in [3.05, 3.63) is 18.0 Å². The second kappa shape index (κ2) is 5.00. The molecule has 0 aromatic carbocycles. The van der Waals surface area contributed by atoms with Gasteiger partial charge < -0.3 is 10.2 Å². The summed E-state index contributed by atoms with van der Waals surface area (Å²) in [6.45, 7) is 7.68. The van der Waals surface area contributed by atoms with Gasteiger partial charge in [0.15, 0.2) is 0 Å². The van der Waals surface area contributed by atoms with Crippen LogP contribution in [0, 0.1) is 12.3 Å². The third-order valence-corrected chi connectivity index (χ3v) is 3.66. The third kappa shape index (κ3) is 3.40. The van der Waals surface area contributed by atoms with Crippen LogP contribution < -0.4 is 5.32 Å². The number of rotatable bonds is 3. The van der Waals surface area contributed by atoms with Crippen LogP contribution in [0.25, 0.3) is 0 Å². The molecule has 0 amide bonds. The molecule has 4 heteroatoms. The molecule has 0 unspecified atom stereocenters. The zero-order valence-electron chi connectivity index (χ0n) is 11.0. The van der Waals surface area contributed by atoms with E-state index in [1.807, 2.05) is 19.2 Å². The Kier molecular flexibility index (Phi) is 3.62. The number of piperidine rings is 1. The molecule has 0 spiro atoms. The maximum absolute atomic E-state index is 4.37. The average Bonchev–Trinajstić information content (AvgIpc) is 2.31. The lowest BCUT2D eigenvalue weighted by atomic mass is 9.80. The van der Waals surface area contributed by atoms with E-state index in [1.165, 1.54) is 25.9 Å². The van der Waals surface area contributed by atoms with Gasteiger partial charge in [0, 0.05) is 18.4 Å². The number of anilines is 1. The summed E-state index contributed by atoms with van der Waals surface area (Å²) in [4.78, 5) is 11.0. The second-order valence-electron chi connectivity index (χ2n) is 5.49. The lowest BCUT2D eigenvalue weighted by Gasteiger charge is -2.37. The molecule has 17 heavy (non-hydrogen) atoms. The summed E-state index contributed by atoms with van der Waals surface area (Å²) in [5.41, 5.74) is 1.38. The van der Waals surface area contributed by atoms with Crippen LogP contribution in [0.1, 0.15) is 25.5 Å². The zero-order chi connectivity index (χ0) is 12.3. The van der Waals surface area contributed by atoms with Crippen LogP contribution in [0.15, 0.2) is 12.3 Å². The maximum atomic E-state index is 4.37. The first kappa shape index (κ1) is 12.3. The largest absolute Gasteiger partial charge is 0.354 e. The Morgan fingerprint density at radius 3 is 2.76 bits per heavy atom. The number of nitrogens with zero attached hydrogens (tertiary/aromatic N) is 3. The van der Waals surface area contributed by atoms with Crippen molar-refractivity contribution in [2.45, 2.75) is 26.7 Å². The van der Waals surface area contributed by atoms with Gasteiger partial charge in [0.25, 0.3) is 0 Å². The number of hydrogen-bond donors (Lipinski definition) is 1. The van der Waals surface area contributed by atoms with Gasteiger partial charge in [0.1, 0.15) is 0 Å². The van der Waals surface area contributed by atoms with E-state index in [9.17, 15) is 0 Å². The summed E-state index contributed by atoms with van der Waals surface area (Å²) >= 11 is 0. The van der Waals surface area contributed by atoms with E-state index in [0.717, 1.165) is 18.2 Å². The Labute approximate surface area is 103 Å². The fourth-order valence-corrected chi connectivity index (χ4v) is 2.16. The minimum Gasteiger partial charge on any atom is -0.354 e. The molecule has 0 atom stereocenters. The van der Waals surface area contributed by atoms with Crippen molar-refractivity contribution in [2.24, 2.45) is 5.41 Å². The molecule has 1 fully saturated rings. The fraction of sp³-hybridized carbons (Fsp3) is 0.692. The molecular weight excluding hydrogens is 212 g/mol. The van der Waals surface area contributed by atoms with E-state index in [0.29, 0.717) is 5.41 Å². The molecule has 94 valence electrons. The van der Waals surface area contributed by atoms with Crippen molar-refractivity contribution < 1.29 is 0 Å². The molecule has 0 aliphatic carbocycles. The predicted octanol–water partition coefficient (Wildman–Crippen LogP) is 1.93. The Hall–Kier alpha value is -1.16. The molecule has 1 aliphatic rings. The summed E-state index contributed by atoms with van der Waals surface area (Å²) in [5, 5.41) is 3.37. The highest BCUT2D eigenvalue weighted by Gasteiger charge is 2.28. The van der Waals surface area contributed by atoms with Crippen LogP contribution in [0.5, 0.6) is 0 Å². The van der Waals surface area contributed by atoms with E-state index in [2.05, 4.69) is 34.2 Å². The summed E-state index contributed by atoms with van der Waals surface area (Å²) in [6.07, 6.45) is 4.28. The van der Waals surface area contributed by atoms with Gasteiger partial charge in [0.05, 0.1) is 0 Å². The summed E-state index contributed by atoms with van der Waals surface area (Å²) < 4.78 is 0. The molecule has 1 N–H and O–H groups in total. The maximum Gasteiger partial charge on any atom is 0.222 e. The first-order valence-corrected chi connectivity index (χ1v) is 6.29. The topological polar surface area (TPSA) is 41.1 Å². The Morgan fingerprint density at radius 1 is 1.41 bits per heavy atom. The highest BCUT2D eigenvalue weighted by molar-refractivity contribution is 5.25. The van der Waals surface area contributed by atoms with Gasteiger partial charge in [-0.2, -0.15) is 0 Å². The predicted molar refractivity (Wildman–Crippen MR) is 70.1 cm³/mol. The molecule has 0 bridgehead atoms. The fourth-order valence-electron chi connectivity index (χ4n) is 2.16. The smallest absolute Gasteiger partial charge is 0.222 e. The van der Waals surface area contributed by atoms with Crippen molar-refractivity contribution in [3.63, 3.8) is 0 Å². The summed E-state index contributed by atoms with van der Waals surface area (Å²) in [5.74, 6) is 0.755. The van der Waals surface area contributed by atoms with Crippen molar-refractivity contribution in [1.29, 1.82) is 0 Å². The molecule has 1 aliphatic heterocycles. The SMILES string of the molecule is Cc1ccnc(NCC2(C)CCN(C)CC2)n1. The van der Waals surface area contributed by atoms with Gasteiger partial charge in [-0.1, -0.05) is 6.92 Å². The second-order valence-corrected chi connectivity index (χ2v) is 5.49. The van der Waals surface area contributed by atoms with Crippen LogP contribution in [0.2, 0.25) is 0 Å². The van der Waals surface area contributed by atoms with Crippen LogP contribution in [-0.4, -0.2) is 41.5 Å². The quantitative estimate of drug-likeness (QED) is 0.867. The van der Waals surface area contributed by atoms with Gasteiger partial charge in [0.2, 0.25) is 5.95 Å². The van der Waals surface area contributed by atoms with Gasteiger partial charge in [-0.15, -0.1) is 0 Å². The van der Waals surface area contributed by atoms with E-state index < -0.39 is 0 Å². The lowest BCUT2D eigenvalue weighted by molar-refractivity contribution is 0.150. The number of nitrogens with one attached hydrogen (secondary N) is 1. The van der Waals surface area contributed by atoms with Crippen molar-refractivity contribution in [3.8, 4) is 0 Å². The normalized spacial score (nSPS) is 20.2. The first-order valence-electron chi connectivity index (χ1n) is 6.29. The molecule has 0 saturated carbocycles. The van der Waals surface area contributed by atoms with E-state index in [1.54, 1.807) is 0 Å². The minimum absolute atomic E-state index is 0.375. The third-order valence-electron chi connectivity index (χ3n) is 3.66. The van der Waals surface area contributed by atoms with Crippen LogP contribution in [-0.2, 0) is 0 Å². The average molecular weight is 234 g/mol. The van der Waals surface area contributed by atoms with Crippen LogP contribution in [0.4, 0.5) is 5.95 Å². The Bertz CT molecular complexity index is 369. The number of hydrogen-bond acceptors (Lipinski definition) is 4. The summed E-state index contributed by atoms with van der Waals surface area (Å²) in [6, 6.07) is 1.92. The first-order chi connectivity index (χ1) is 8.07. The molecule has 4 nitrogen and oxygen atoms in total. The molecule has 1 saturated heterocycles. The zero-order valence-corrected chi connectivity index (χ0v) is 11.0. The standard InChI is InChI=1S/C13H22N4/c1-11-4-7-14-12(16-11)15-10-13(2)5-8-17(3)9-6-13/h4,7H,5-6,8-10H2,1-3H3,(H,14,15,16). The number of likely N-dealkylation sites (tertiary alicyclic amines) is 1. The van der Waals surface area contributed by atoms with Gasteiger partial charge in [-0.3, -0.25) is 0 Å². The van der Waals surface area contributed by atoms with Crippen LogP contribution >= 0.6 is 0 Å². The number of aromatic nitrogens is 2. The highest BCUT2D eigenvalue weighted by atomic mass is 15.1. The Balaban J connectivity index is 1.89. The molecular formula is C13H22N4. The highest BCUT2D eigenvalue weighted by Crippen LogP contribution is 2.30. The van der Waals surface area contributed by atoms with Crippen molar-refractivity contribution in [2.75, 3.05) is 32.0 Å². The lowest BCUT2D eigenvalue weighted by Crippen LogP contribution is -2.40. The van der Waals surface area contributed by atoms with Gasteiger partial charge in [-0.25, -0.2) is 9.97 Å². The summed E-state index contributed by atoms with van der Waals surface area (Å²) in [7, 11) is 2.19. The Morgan fingerprint density at radius 2 is 2.12 bits per heavy atom. The van der Waals surface area contributed by atoms with E-state index in [4.69, 9.17) is 0 Å². The van der Waals surface area contributed by atoms with Crippen LogP contribution in [0.3, 0.4) is 0 Å². The molecule has 1 aromatic rings.